The average Bonchev–Trinajstić information content (AvgIpc) is 3.14. The molecule has 124 valence electrons. The molecule has 0 aliphatic rings. The van der Waals surface area contributed by atoms with Crippen LogP contribution in [-0.4, -0.2) is 15.0 Å². The van der Waals surface area contributed by atoms with Crippen molar-refractivity contribution >= 4 is 33.5 Å². The van der Waals surface area contributed by atoms with Gasteiger partial charge in [-0.2, -0.15) is 9.97 Å². The third-order valence-electron chi connectivity index (χ3n) is 3.97. The number of halogens is 1. The number of hydrogen-bond donors (Lipinski definition) is 0. The zero-order valence-corrected chi connectivity index (χ0v) is 13.9. The second-order valence-corrected chi connectivity index (χ2v) is 5.90. The minimum absolute atomic E-state index is 0.0934. The number of fused-ring (bicyclic) bond motifs is 3. The maximum atomic E-state index is 8.17. The highest BCUT2D eigenvalue weighted by Gasteiger charge is 2.12. The van der Waals surface area contributed by atoms with Gasteiger partial charge in [0.1, 0.15) is 11.2 Å². The molecule has 2 aromatic heterocycles. The van der Waals surface area contributed by atoms with Gasteiger partial charge < -0.3 is 4.42 Å². The van der Waals surface area contributed by atoms with E-state index in [0.717, 1.165) is 16.4 Å². The molecule has 0 N–H and O–H groups in total. The molecule has 0 atom stereocenters. The highest BCUT2D eigenvalue weighted by Crippen LogP contribution is 2.32. The maximum absolute atomic E-state index is 8.17. The molecule has 0 saturated heterocycles. The molecule has 0 aliphatic heterocycles. The summed E-state index contributed by atoms with van der Waals surface area (Å²) in [5.41, 5.74) is 1.95. The molecule has 0 saturated carbocycles. The van der Waals surface area contributed by atoms with Crippen molar-refractivity contribution in [1.29, 1.82) is 0 Å². The van der Waals surface area contributed by atoms with E-state index in [1.165, 1.54) is 0 Å². The van der Waals surface area contributed by atoms with Crippen LogP contribution in [0.1, 0.15) is 6.85 Å². The van der Waals surface area contributed by atoms with Gasteiger partial charge in [-0.15, -0.1) is 0 Å². The van der Waals surface area contributed by atoms with Gasteiger partial charge in [-0.05, 0) is 35.9 Å². The van der Waals surface area contributed by atoms with Gasteiger partial charge in [0.25, 0.3) is 0 Å². The maximum Gasteiger partial charge on any atom is 0.226 e. The number of rotatable bonds is 2. The molecule has 0 amide bonds. The zero-order valence-electron chi connectivity index (χ0n) is 18.2. The molecule has 0 unspecified atom stereocenters. The fraction of sp³-hybridized carbons (Fsp3) is 0. The molecule has 0 radical (unpaired) electrons. The Labute approximate surface area is 161 Å². The lowest BCUT2D eigenvalue weighted by atomic mass is 10.1. The molecule has 5 rings (SSSR count). The first-order valence-corrected chi connectivity index (χ1v) is 8.13. The molecule has 5 heteroatoms. The van der Waals surface area contributed by atoms with Crippen LogP contribution in [0.25, 0.3) is 44.7 Å². The second kappa shape index (κ2) is 5.93. The molecule has 4 nitrogen and oxygen atoms in total. The average molecular weight is 363 g/mol. The van der Waals surface area contributed by atoms with Crippen LogP contribution in [0.2, 0.25) is 5.28 Å². The van der Waals surface area contributed by atoms with Gasteiger partial charge in [0.15, 0.2) is 11.6 Å². The van der Waals surface area contributed by atoms with E-state index in [1.807, 2.05) is 30.3 Å². The fourth-order valence-electron chi connectivity index (χ4n) is 2.82. The molecule has 26 heavy (non-hydrogen) atoms. The Hall–Kier alpha value is -3.24. The molecule has 0 bridgehead atoms. The second-order valence-electron chi connectivity index (χ2n) is 5.56. The number of furan rings is 1. The van der Waals surface area contributed by atoms with E-state index in [9.17, 15) is 0 Å². The normalized spacial score (nSPS) is 14.0. The lowest BCUT2D eigenvalue weighted by Gasteiger charge is -2.05. The Morgan fingerprint density at radius 3 is 2.35 bits per heavy atom. The van der Waals surface area contributed by atoms with Crippen LogP contribution in [0.4, 0.5) is 0 Å². The molecular formula is C21H12ClN3O. The van der Waals surface area contributed by atoms with Crippen LogP contribution >= 0.6 is 11.6 Å². The summed E-state index contributed by atoms with van der Waals surface area (Å²) in [5.74, 6) is 0.123. The summed E-state index contributed by atoms with van der Waals surface area (Å²) in [7, 11) is 0. The monoisotopic (exact) mass is 362 g/mol. The third-order valence-corrected chi connectivity index (χ3v) is 4.14. The van der Waals surface area contributed by atoms with Gasteiger partial charge in [-0.25, -0.2) is 4.98 Å². The molecule has 0 aliphatic carbocycles. The Morgan fingerprint density at radius 2 is 1.50 bits per heavy atom. The summed E-state index contributed by atoms with van der Waals surface area (Å²) >= 11 is 6.12. The van der Waals surface area contributed by atoms with E-state index in [0.29, 0.717) is 11.1 Å². The Bertz CT molecular complexity index is 1490. The quantitative estimate of drug-likeness (QED) is 0.400. The predicted octanol–water partition coefficient (Wildman–Crippen LogP) is 5.76. The van der Waals surface area contributed by atoms with Crippen molar-refractivity contribution in [1.82, 2.24) is 15.0 Å². The fourth-order valence-corrected chi connectivity index (χ4v) is 2.98. The number of nitrogens with zero attached hydrogens (tertiary/aromatic N) is 3. The first kappa shape index (κ1) is 10.7. The first-order chi connectivity index (χ1) is 14.8. The summed E-state index contributed by atoms with van der Waals surface area (Å²) in [6.07, 6.45) is 0. The van der Waals surface area contributed by atoms with E-state index >= 15 is 0 Å². The van der Waals surface area contributed by atoms with Crippen LogP contribution in [0, 0.1) is 0 Å². The van der Waals surface area contributed by atoms with E-state index in [-0.39, 0.29) is 22.5 Å². The lowest BCUT2D eigenvalue weighted by molar-refractivity contribution is 0.669. The minimum atomic E-state index is -0.489. The van der Waals surface area contributed by atoms with Crippen molar-refractivity contribution in [3.8, 4) is 22.8 Å². The lowest BCUT2D eigenvalue weighted by Crippen LogP contribution is -1.97. The van der Waals surface area contributed by atoms with Crippen LogP contribution in [0.3, 0.4) is 0 Å². The Balaban J connectivity index is 1.73. The van der Waals surface area contributed by atoms with Crippen molar-refractivity contribution in [3.05, 3.63) is 78.0 Å². The number of benzene rings is 3. The van der Waals surface area contributed by atoms with E-state index in [4.69, 9.17) is 22.9 Å². The summed E-state index contributed by atoms with van der Waals surface area (Å²) in [4.78, 5) is 12.6. The highest BCUT2D eigenvalue weighted by molar-refractivity contribution is 6.28. The van der Waals surface area contributed by atoms with Crippen molar-refractivity contribution in [2.24, 2.45) is 0 Å². The topological polar surface area (TPSA) is 51.8 Å². The first-order valence-electron chi connectivity index (χ1n) is 10.3. The van der Waals surface area contributed by atoms with Gasteiger partial charge in [-0.3, -0.25) is 0 Å². The largest absolute Gasteiger partial charge is 0.456 e. The van der Waals surface area contributed by atoms with E-state index in [1.54, 1.807) is 12.1 Å². The van der Waals surface area contributed by atoms with Crippen LogP contribution in [0.5, 0.6) is 0 Å². The number of para-hydroxylation sites is 1. The van der Waals surface area contributed by atoms with Gasteiger partial charge >= 0.3 is 0 Å². The highest BCUT2D eigenvalue weighted by atomic mass is 35.5. The van der Waals surface area contributed by atoms with Crippen LogP contribution in [-0.2, 0) is 0 Å². The summed E-state index contributed by atoms with van der Waals surface area (Å²) < 4.78 is 45.7. The van der Waals surface area contributed by atoms with E-state index < -0.39 is 30.2 Å². The molecule has 0 spiro atoms. The van der Waals surface area contributed by atoms with Crippen molar-refractivity contribution in [2.75, 3.05) is 0 Å². The van der Waals surface area contributed by atoms with E-state index in [2.05, 4.69) is 15.0 Å². The molecule has 5 aromatic rings. The summed E-state index contributed by atoms with van der Waals surface area (Å²) in [6.45, 7) is 0. The summed E-state index contributed by atoms with van der Waals surface area (Å²) in [5, 5.41) is 1.66. The minimum Gasteiger partial charge on any atom is -0.456 e. The van der Waals surface area contributed by atoms with Crippen molar-refractivity contribution in [2.45, 2.75) is 0 Å². The standard InChI is InChI=1S/C21H12ClN3O/c22-21-24-19(13-6-2-1-3-7-13)23-20(25-21)14-10-11-18-16(12-14)15-8-4-5-9-17(15)26-18/h1-12H/i1D,2D,3D,6D,7D. The Morgan fingerprint density at radius 1 is 0.769 bits per heavy atom. The molecule has 2 heterocycles. The zero-order chi connectivity index (χ0) is 21.9. The van der Waals surface area contributed by atoms with Crippen molar-refractivity contribution < 1.29 is 11.3 Å². The number of aromatic nitrogens is 3. The van der Waals surface area contributed by atoms with Crippen molar-refractivity contribution in [3.63, 3.8) is 0 Å². The molecule has 3 aromatic carbocycles. The molecule has 0 fully saturated rings. The van der Waals surface area contributed by atoms with Gasteiger partial charge in [0.2, 0.25) is 5.28 Å². The SMILES string of the molecule is [2H]c1c([2H])c([2H])c(-c2nc(Cl)nc(-c3ccc4oc5ccccc5c4c3)n2)c([2H])c1[2H]. The van der Waals surface area contributed by atoms with Gasteiger partial charge in [0, 0.05) is 21.9 Å². The van der Waals surface area contributed by atoms with Gasteiger partial charge in [-0.1, -0.05) is 48.4 Å². The van der Waals surface area contributed by atoms with Crippen LogP contribution < -0.4 is 0 Å². The Kier molecular flexibility index (Phi) is 2.44. The third kappa shape index (κ3) is 2.52. The van der Waals surface area contributed by atoms with Crippen LogP contribution in [0.15, 0.2) is 77.1 Å². The molecular weight excluding hydrogens is 346 g/mol. The smallest absolute Gasteiger partial charge is 0.226 e. The summed E-state index contributed by atoms with van der Waals surface area (Å²) in [6, 6.07) is 10.8. The number of hydrogen-bond acceptors (Lipinski definition) is 4. The predicted molar refractivity (Wildman–Crippen MR) is 103 cm³/mol. The van der Waals surface area contributed by atoms with Gasteiger partial charge in [0.05, 0.1) is 6.85 Å².